The van der Waals surface area contributed by atoms with Gasteiger partial charge in [0.25, 0.3) is 5.91 Å². The predicted octanol–water partition coefficient (Wildman–Crippen LogP) is 1.68. The minimum absolute atomic E-state index is 0.0817. The fourth-order valence-corrected chi connectivity index (χ4v) is 1.67. The molecule has 0 aliphatic heterocycles. The Hall–Kier alpha value is -2.37. The maximum absolute atomic E-state index is 13.2. The summed E-state index contributed by atoms with van der Waals surface area (Å²) in [5.41, 5.74) is 0. The van der Waals surface area contributed by atoms with Crippen LogP contribution >= 0.6 is 0 Å². The molecule has 0 fully saturated rings. The van der Waals surface area contributed by atoms with E-state index in [-0.39, 0.29) is 18.3 Å². The number of aromatic nitrogens is 2. The largest absolute Gasteiger partial charge is 0.481 e. The van der Waals surface area contributed by atoms with Crippen LogP contribution in [0.25, 0.3) is 0 Å². The second kappa shape index (κ2) is 7.28. The summed E-state index contributed by atoms with van der Waals surface area (Å²) in [5.74, 6) is 0.228. The molecule has 20 heavy (non-hydrogen) atoms. The molecular formula is C14H16FN3O2. The van der Waals surface area contributed by atoms with Crippen molar-refractivity contribution in [3.05, 3.63) is 48.3 Å². The van der Waals surface area contributed by atoms with Gasteiger partial charge in [-0.25, -0.2) is 9.37 Å². The van der Waals surface area contributed by atoms with Crippen LogP contribution in [0, 0.1) is 5.82 Å². The number of ether oxygens (including phenoxy) is 1. The molecule has 1 amide bonds. The van der Waals surface area contributed by atoms with Crippen LogP contribution in [0.1, 0.15) is 12.2 Å². The number of H-pyrrole nitrogens is 1. The predicted molar refractivity (Wildman–Crippen MR) is 71.8 cm³/mol. The van der Waals surface area contributed by atoms with Crippen LogP contribution in [-0.2, 0) is 11.2 Å². The van der Waals surface area contributed by atoms with Crippen LogP contribution in [0.3, 0.4) is 0 Å². The van der Waals surface area contributed by atoms with Gasteiger partial charge in [0.15, 0.2) is 18.2 Å². The highest BCUT2D eigenvalue weighted by atomic mass is 19.1. The quantitative estimate of drug-likeness (QED) is 0.757. The van der Waals surface area contributed by atoms with Crippen LogP contribution < -0.4 is 10.1 Å². The molecule has 0 aliphatic carbocycles. The Bertz CT molecular complexity index is 543. The SMILES string of the molecule is O=C(COc1ccccc1F)NCCCc1ncc[nH]1. The maximum Gasteiger partial charge on any atom is 0.257 e. The molecule has 0 unspecified atom stereocenters. The number of aromatic amines is 1. The molecule has 0 spiro atoms. The van der Waals surface area contributed by atoms with Crippen LogP contribution in [0.2, 0.25) is 0 Å². The first kappa shape index (κ1) is 14.0. The lowest BCUT2D eigenvalue weighted by atomic mass is 10.3. The first-order chi connectivity index (χ1) is 9.75. The molecule has 1 aromatic carbocycles. The summed E-state index contributed by atoms with van der Waals surface area (Å²) in [6.45, 7) is 0.335. The Labute approximate surface area is 116 Å². The molecule has 0 saturated heterocycles. The molecule has 0 atom stereocenters. The summed E-state index contributed by atoms with van der Waals surface area (Å²) in [4.78, 5) is 18.6. The van der Waals surface area contributed by atoms with Gasteiger partial charge in [-0.15, -0.1) is 0 Å². The third-order valence-electron chi connectivity index (χ3n) is 2.66. The van der Waals surface area contributed by atoms with E-state index in [4.69, 9.17) is 4.74 Å². The highest BCUT2D eigenvalue weighted by molar-refractivity contribution is 5.77. The fraction of sp³-hybridized carbons (Fsp3) is 0.286. The van der Waals surface area contributed by atoms with Gasteiger partial charge in [-0.05, 0) is 18.6 Å². The van der Waals surface area contributed by atoms with Crippen LogP contribution in [0.4, 0.5) is 4.39 Å². The molecule has 2 aromatic rings. The van der Waals surface area contributed by atoms with E-state index in [9.17, 15) is 9.18 Å². The zero-order valence-corrected chi connectivity index (χ0v) is 10.9. The smallest absolute Gasteiger partial charge is 0.257 e. The normalized spacial score (nSPS) is 10.2. The minimum atomic E-state index is -0.474. The van der Waals surface area contributed by atoms with Gasteiger partial charge in [0.2, 0.25) is 0 Å². The van der Waals surface area contributed by atoms with Crippen molar-refractivity contribution in [1.29, 1.82) is 0 Å². The number of hydrogen-bond donors (Lipinski definition) is 2. The number of amides is 1. The molecule has 0 saturated carbocycles. The van der Waals surface area contributed by atoms with Crippen LogP contribution in [0.15, 0.2) is 36.7 Å². The van der Waals surface area contributed by atoms with Gasteiger partial charge in [0, 0.05) is 25.4 Å². The third-order valence-corrected chi connectivity index (χ3v) is 2.66. The molecule has 6 heteroatoms. The summed E-state index contributed by atoms with van der Waals surface area (Å²) in [6, 6.07) is 5.99. The van der Waals surface area contributed by atoms with E-state index in [1.165, 1.54) is 12.1 Å². The maximum atomic E-state index is 13.2. The number of halogens is 1. The van der Waals surface area contributed by atoms with E-state index in [1.54, 1.807) is 24.5 Å². The van der Waals surface area contributed by atoms with Gasteiger partial charge in [0.1, 0.15) is 5.82 Å². The van der Waals surface area contributed by atoms with Crippen molar-refractivity contribution >= 4 is 5.91 Å². The second-order valence-electron chi connectivity index (χ2n) is 4.21. The number of imidazole rings is 1. The summed E-state index contributed by atoms with van der Waals surface area (Å²) < 4.78 is 18.3. The van der Waals surface area contributed by atoms with Crippen molar-refractivity contribution in [2.45, 2.75) is 12.8 Å². The Morgan fingerprint density at radius 1 is 1.40 bits per heavy atom. The highest BCUT2D eigenvalue weighted by Gasteiger charge is 2.05. The molecule has 2 N–H and O–H groups in total. The van der Waals surface area contributed by atoms with E-state index in [0.29, 0.717) is 6.54 Å². The van der Waals surface area contributed by atoms with Crippen LogP contribution in [0.5, 0.6) is 5.75 Å². The van der Waals surface area contributed by atoms with Gasteiger partial charge in [-0.3, -0.25) is 4.79 Å². The van der Waals surface area contributed by atoms with E-state index in [1.807, 2.05) is 0 Å². The lowest BCUT2D eigenvalue weighted by molar-refractivity contribution is -0.123. The molecular weight excluding hydrogens is 261 g/mol. The summed E-state index contributed by atoms with van der Waals surface area (Å²) in [5, 5.41) is 2.71. The molecule has 106 valence electrons. The minimum Gasteiger partial charge on any atom is -0.481 e. The number of nitrogens with one attached hydrogen (secondary N) is 2. The molecule has 1 aromatic heterocycles. The molecule has 0 bridgehead atoms. The van der Waals surface area contributed by atoms with Crippen LogP contribution in [-0.4, -0.2) is 29.0 Å². The third kappa shape index (κ3) is 4.38. The molecule has 0 radical (unpaired) electrons. The average Bonchev–Trinajstić information content (AvgIpc) is 2.96. The van der Waals surface area contributed by atoms with Gasteiger partial charge < -0.3 is 15.0 Å². The molecule has 1 heterocycles. The van der Waals surface area contributed by atoms with Crippen molar-refractivity contribution in [1.82, 2.24) is 15.3 Å². The van der Waals surface area contributed by atoms with Crippen molar-refractivity contribution in [3.63, 3.8) is 0 Å². The Morgan fingerprint density at radius 2 is 2.25 bits per heavy atom. The first-order valence-electron chi connectivity index (χ1n) is 6.38. The van der Waals surface area contributed by atoms with E-state index < -0.39 is 5.82 Å². The highest BCUT2D eigenvalue weighted by Crippen LogP contribution is 2.14. The van der Waals surface area contributed by atoms with Crippen molar-refractivity contribution in [2.24, 2.45) is 0 Å². The van der Waals surface area contributed by atoms with E-state index in [0.717, 1.165) is 18.7 Å². The second-order valence-corrected chi connectivity index (χ2v) is 4.21. The lowest BCUT2D eigenvalue weighted by Crippen LogP contribution is -2.30. The van der Waals surface area contributed by atoms with Crippen molar-refractivity contribution in [2.75, 3.05) is 13.2 Å². The Balaban J connectivity index is 1.62. The number of para-hydroxylation sites is 1. The van der Waals surface area contributed by atoms with Gasteiger partial charge in [-0.2, -0.15) is 0 Å². The Morgan fingerprint density at radius 3 is 3.00 bits per heavy atom. The summed E-state index contributed by atoms with van der Waals surface area (Å²) in [6.07, 6.45) is 4.99. The number of carbonyl (C=O) groups excluding carboxylic acids is 1. The van der Waals surface area contributed by atoms with Gasteiger partial charge in [0.05, 0.1) is 0 Å². The average molecular weight is 277 g/mol. The Kier molecular flexibility index (Phi) is 5.11. The standard InChI is InChI=1S/C14H16FN3O2/c15-11-4-1-2-5-12(11)20-10-14(19)18-7-3-6-13-16-8-9-17-13/h1-2,4-5,8-9H,3,6-7,10H2,(H,16,17)(H,18,19). The lowest BCUT2D eigenvalue weighted by Gasteiger charge is -2.07. The molecule has 5 nitrogen and oxygen atoms in total. The number of benzene rings is 1. The summed E-state index contributed by atoms with van der Waals surface area (Å²) in [7, 11) is 0. The number of nitrogens with zero attached hydrogens (tertiary/aromatic N) is 1. The van der Waals surface area contributed by atoms with Gasteiger partial charge >= 0.3 is 0 Å². The number of aryl methyl sites for hydroxylation is 1. The zero-order chi connectivity index (χ0) is 14.2. The first-order valence-corrected chi connectivity index (χ1v) is 6.38. The van der Waals surface area contributed by atoms with E-state index >= 15 is 0 Å². The summed E-state index contributed by atoms with van der Waals surface area (Å²) >= 11 is 0. The number of hydrogen-bond acceptors (Lipinski definition) is 3. The van der Waals surface area contributed by atoms with Gasteiger partial charge in [-0.1, -0.05) is 12.1 Å². The monoisotopic (exact) mass is 277 g/mol. The molecule has 0 aliphatic rings. The fourth-order valence-electron chi connectivity index (χ4n) is 1.67. The topological polar surface area (TPSA) is 67.0 Å². The number of rotatable bonds is 7. The number of carbonyl (C=O) groups is 1. The zero-order valence-electron chi connectivity index (χ0n) is 10.9. The van der Waals surface area contributed by atoms with Crippen molar-refractivity contribution < 1.29 is 13.9 Å². The van der Waals surface area contributed by atoms with Crippen molar-refractivity contribution in [3.8, 4) is 5.75 Å². The molecule has 2 rings (SSSR count). The van der Waals surface area contributed by atoms with E-state index in [2.05, 4.69) is 15.3 Å².